The van der Waals surface area contributed by atoms with Crippen molar-refractivity contribution in [1.29, 1.82) is 0 Å². The Bertz CT molecular complexity index is 530. The highest BCUT2D eigenvalue weighted by Gasteiger charge is 2.19. The lowest BCUT2D eigenvalue weighted by atomic mass is 10.1. The van der Waals surface area contributed by atoms with Crippen LogP contribution in [0.15, 0.2) is 23.1 Å². The number of carbonyl (C=O) groups is 1. The first-order valence-electron chi connectivity index (χ1n) is 4.55. The number of halogens is 1. The predicted molar refractivity (Wildman–Crippen MR) is 61.8 cm³/mol. The lowest BCUT2D eigenvalue weighted by Gasteiger charge is -2.06. The minimum Gasteiger partial charge on any atom is -0.313 e. The van der Waals surface area contributed by atoms with Crippen molar-refractivity contribution in [3.8, 4) is 0 Å². The Morgan fingerprint density at radius 1 is 1.47 bits per heavy atom. The first-order chi connectivity index (χ1) is 7.92. The van der Waals surface area contributed by atoms with Crippen LogP contribution < -0.4 is 10.2 Å². The van der Waals surface area contributed by atoms with Gasteiger partial charge in [-0.05, 0) is 25.2 Å². The minimum absolute atomic E-state index is 0.0763. The molecule has 0 saturated heterocycles. The molecule has 0 radical (unpaired) electrons. The van der Waals surface area contributed by atoms with E-state index >= 15 is 0 Å². The molecule has 0 saturated carbocycles. The topological polar surface area (TPSA) is 95.5 Å². The van der Waals surface area contributed by atoms with Crippen LogP contribution in [0.3, 0.4) is 0 Å². The maximum Gasteiger partial charge on any atom is 0.263 e. The smallest absolute Gasteiger partial charge is 0.263 e. The number of rotatable bonds is 5. The van der Waals surface area contributed by atoms with Crippen molar-refractivity contribution in [2.45, 2.75) is 4.90 Å². The molecule has 17 heavy (non-hydrogen) atoms. The zero-order chi connectivity index (χ0) is 13.1. The van der Waals surface area contributed by atoms with Crippen molar-refractivity contribution in [2.75, 3.05) is 13.6 Å². The van der Waals surface area contributed by atoms with Gasteiger partial charge in [0.1, 0.15) is 4.90 Å². The normalized spacial score (nSPS) is 11.5. The van der Waals surface area contributed by atoms with Gasteiger partial charge in [0.15, 0.2) is 5.78 Å². The van der Waals surface area contributed by atoms with E-state index in [2.05, 4.69) is 5.32 Å². The highest BCUT2D eigenvalue weighted by Crippen LogP contribution is 2.22. The Morgan fingerprint density at radius 3 is 2.65 bits per heavy atom. The van der Waals surface area contributed by atoms with Gasteiger partial charge in [-0.25, -0.2) is 8.42 Å². The molecular weight excluding hydrogens is 268 g/mol. The summed E-state index contributed by atoms with van der Waals surface area (Å²) in [5.74, 6) is -0.279. The molecule has 3 N–H and O–H groups in total. The first-order valence-corrected chi connectivity index (χ1v) is 6.41. The van der Waals surface area contributed by atoms with Gasteiger partial charge in [-0.15, -0.1) is 0 Å². The van der Waals surface area contributed by atoms with Gasteiger partial charge in [0, 0.05) is 5.56 Å². The Hall–Kier alpha value is -0.990. The maximum atomic E-state index is 11.5. The van der Waals surface area contributed by atoms with Crippen molar-refractivity contribution in [3.05, 3.63) is 28.8 Å². The molecule has 1 rings (SSSR count). The maximum absolute atomic E-state index is 11.5. The van der Waals surface area contributed by atoms with Crippen LogP contribution in [0.25, 0.3) is 0 Å². The standard InChI is InChI=1S/C9H11ClN2O4S/c1-11-5-8(13)6-2-3-7(10)9(4-6)17(15,16)12-14/h2-4,11-12,14H,5H2,1H3. The minimum atomic E-state index is -4.10. The molecule has 0 aliphatic heterocycles. The second-order valence-corrected chi connectivity index (χ2v) is 5.23. The van der Waals surface area contributed by atoms with Gasteiger partial charge in [-0.3, -0.25) is 4.79 Å². The van der Waals surface area contributed by atoms with Crippen LogP contribution in [0.2, 0.25) is 5.02 Å². The molecule has 0 fully saturated rings. The molecule has 0 spiro atoms. The van der Waals surface area contributed by atoms with E-state index in [0.29, 0.717) is 0 Å². The lowest BCUT2D eigenvalue weighted by Crippen LogP contribution is -2.22. The fourth-order valence-corrected chi connectivity index (χ4v) is 2.32. The highest BCUT2D eigenvalue weighted by atomic mass is 35.5. The summed E-state index contributed by atoms with van der Waals surface area (Å²) < 4.78 is 22.8. The number of benzene rings is 1. The highest BCUT2D eigenvalue weighted by molar-refractivity contribution is 7.89. The summed E-state index contributed by atoms with van der Waals surface area (Å²) in [6, 6.07) is 3.81. The average Bonchev–Trinajstić information content (AvgIpc) is 2.29. The van der Waals surface area contributed by atoms with Gasteiger partial charge in [-0.1, -0.05) is 16.5 Å². The van der Waals surface area contributed by atoms with Crippen LogP contribution in [0.4, 0.5) is 0 Å². The summed E-state index contributed by atoms with van der Waals surface area (Å²) in [6.45, 7) is 0.0771. The van der Waals surface area contributed by atoms with Gasteiger partial charge in [0.05, 0.1) is 11.6 Å². The van der Waals surface area contributed by atoms with Gasteiger partial charge in [0.2, 0.25) is 0 Å². The third-order valence-corrected chi connectivity index (χ3v) is 3.60. The van der Waals surface area contributed by atoms with Crippen LogP contribution in [0, 0.1) is 0 Å². The largest absolute Gasteiger partial charge is 0.313 e. The molecule has 0 aliphatic carbocycles. The molecule has 1 aromatic rings. The van der Waals surface area contributed by atoms with E-state index in [0.717, 1.165) is 11.0 Å². The summed E-state index contributed by atoms with van der Waals surface area (Å²) in [5, 5.41) is 11.1. The van der Waals surface area contributed by atoms with Gasteiger partial charge < -0.3 is 10.5 Å². The van der Waals surface area contributed by atoms with Crippen molar-refractivity contribution in [2.24, 2.45) is 0 Å². The van der Waals surface area contributed by atoms with Crippen molar-refractivity contribution in [3.63, 3.8) is 0 Å². The Kier molecular flexibility index (Phi) is 4.61. The third kappa shape index (κ3) is 3.24. The van der Waals surface area contributed by atoms with E-state index in [-0.39, 0.29) is 27.8 Å². The van der Waals surface area contributed by atoms with Crippen LogP contribution in [-0.2, 0) is 10.0 Å². The van der Waals surface area contributed by atoms with E-state index in [4.69, 9.17) is 16.8 Å². The number of hydrogen-bond donors (Lipinski definition) is 3. The van der Waals surface area contributed by atoms with Crippen LogP contribution in [0.5, 0.6) is 0 Å². The number of Topliss-reactive ketones (excluding diaryl/α,β-unsaturated/α-hetero) is 1. The molecule has 0 unspecified atom stereocenters. The van der Waals surface area contributed by atoms with E-state index in [1.807, 2.05) is 0 Å². The predicted octanol–water partition coefficient (Wildman–Crippen LogP) is 0.410. The van der Waals surface area contributed by atoms with E-state index in [9.17, 15) is 13.2 Å². The van der Waals surface area contributed by atoms with Crippen molar-refractivity contribution in [1.82, 2.24) is 10.2 Å². The molecule has 0 bridgehead atoms. The number of likely N-dealkylation sites (N-methyl/N-ethyl adjacent to an activating group) is 1. The monoisotopic (exact) mass is 278 g/mol. The van der Waals surface area contributed by atoms with E-state index < -0.39 is 10.0 Å². The summed E-state index contributed by atoms with van der Waals surface area (Å²) in [6.07, 6.45) is 0. The molecule has 0 aromatic heterocycles. The first kappa shape index (κ1) is 14.1. The van der Waals surface area contributed by atoms with E-state index in [1.165, 1.54) is 12.1 Å². The fourth-order valence-electron chi connectivity index (χ4n) is 1.19. The molecule has 8 heteroatoms. The summed E-state index contributed by atoms with van der Waals surface area (Å²) in [4.78, 5) is 12.4. The number of nitrogens with one attached hydrogen (secondary N) is 2. The van der Waals surface area contributed by atoms with Crippen molar-refractivity contribution >= 4 is 27.4 Å². The van der Waals surface area contributed by atoms with Gasteiger partial charge in [-0.2, -0.15) is 0 Å². The van der Waals surface area contributed by atoms with Crippen molar-refractivity contribution < 1.29 is 18.4 Å². The molecule has 6 nitrogen and oxygen atoms in total. The lowest BCUT2D eigenvalue weighted by molar-refractivity contribution is 0.0993. The van der Waals surface area contributed by atoms with Gasteiger partial charge in [0.25, 0.3) is 10.0 Å². The summed E-state index contributed by atoms with van der Waals surface area (Å²) in [5.41, 5.74) is 0.192. The molecule has 0 atom stereocenters. The molecule has 0 amide bonds. The number of hydrogen-bond acceptors (Lipinski definition) is 5. The van der Waals surface area contributed by atoms with Crippen LogP contribution >= 0.6 is 11.6 Å². The average molecular weight is 279 g/mol. The molecule has 94 valence electrons. The molecule has 0 heterocycles. The zero-order valence-electron chi connectivity index (χ0n) is 8.90. The second kappa shape index (κ2) is 5.56. The fraction of sp³-hybridized carbons (Fsp3) is 0.222. The summed E-state index contributed by atoms with van der Waals surface area (Å²) >= 11 is 5.68. The molecule has 1 aromatic carbocycles. The SMILES string of the molecule is CNCC(=O)c1ccc(Cl)c(S(=O)(=O)NO)c1. The second-order valence-electron chi connectivity index (χ2n) is 3.19. The molecular formula is C9H11ClN2O4S. The number of sulfonamides is 1. The van der Waals surface area contributed by atoms with E-state index in [1.54, 1.807) is 7.05 Å². The Morgan fingerprint density at radius 2 is 2.12 bits per heavy atom. The third-order valence-electron chi connectivity index (χ3n) is 2.00. The quantitative estimate of drug-likeness (QED) is 0.536. The number of carbonyl (C=O) groups excluding carboxylic acids is 1. The van der Waals surface area contributed by atoms with Crippen LogP contribution in [-0.4, -0.2) is 33.0 Å². The summed E-state index contributed by atoms with van der Waals surface area (Å²) in [7, 11) is -2.50. The Labute approximate surface area is 104 Å². The molecule has 0 aliphatic rings. The zero-order valence-corrected chi connectivity index (χ0v) is 10.5. The van der Waals surface area contributed by atoms with Crippen LogP contribution in [0.1, 0.15) is 10.4 Å². The Balaban J connectivity index is 3.25. The van der Waals surface area contributed by atoms with Gasteiger partial charge >= 0.3 is 0 Å². The number of ketones is 1.